The molecule has 2 aromatic carbocycles. The first-order chi connectivity index (χ1) is 14.8. The highest BCUT2D eigenvalue weighted by Crippen LogP contribution is 2.35. The van der Waals surface area contributed by atoms with Crippen molar-refractivity contribution in [3.05, 3.63) is 42.6 Å². The van der Waals surface area contributed by atoms with Gasteiger partial charge in [-0.3, -0.25) is 0 Å². The van der Waals surface area contributed by atoms with Crippen molar-refractivity contribution in [2.45, 2.75) is 6.42 Å². The van der Waals surface area contributed by atoms with Gasteiger partial charge >= 0.3 is 0 Å². The molecule has 7 heteroatoms. The first-order valence-electron chi connectivity index (χ1n) is 10.4. The van der Waals surface area contributed by atoms with E-state index in [1.165, 1.54) is 16.5 Å². The molecule has 0 spiro atoms. The minimum Gasteiger partial charge on any atom is -0.497 e. The maximum absolute atomic E-state index is 5.48. The Bertz CT molecular complexity index is 988. The predicted octanol–water partition coefficient (Wildman–Crippen LogP) is 3.16. The molecule has 1 aliphatic heterocycles. The van der Waals surface area contributed by atoms with Crippen molar-refractivity contribution < 1.29 is 9.47 Å². The maximum Gasteiger partial charge on any atom is 0.223 e. The molecule has 0 aliphatic carbocycles. The van der Waals surface area contributed by atoms with Crippen molar-refractivity contribution in [3.63, 3.8) is 0 Å². The minimum atomic E-state index is 0.641. The van der Waals surface area contributed by atoms with E-state index in [2.05, 4.69) is 44.8 Å². The Balaban J connectivity index is 1.70. The number of nitrogens with one attached hydrogen (secondary N) is 2. The van der Waals surface area contributed by atoms with E-state index in [4.69, 9.17) is 14.5 Å². The third-order valence-corrected chi connectivity index (χ3v) is 5.36. The van der Waals surface area contributed by atoms with Crippen LogP contribution in [0, 0.1) is 0 Å². The van der Waals surface area contributed by atoms with Crippen LogP contribution in [-0.2, 0) is 4.74 Å². The number of piperazine rings is 1. The molecule has 1 aromatic heterocycles. The van der Waals surface area contributed by atoms with Gasteiger partial charge in [0.2, 0.25) is 5.95 Å². The maximum atomic E-state index is 5.48. The third kappa shape index (κ3) is 4.63. The molecule has 158 valence electrons. The molecule has 3 aromatic rings. The van der Waals surface area contributed by atoms with Crippen LogP contribution in [0.5, 0.6) is 5.75 Å². The molecule has 1 aliphatic rings. The molecule has 0 bridgehead atoms. The Morgan fingerprint density at radius 2 is 1.97 bits per heavy atom. The molecule has 0 unspecified atom stereocenters. The normalized spacial score (nSPS) is 14.1. The van der Waals surface area contributed by atoms with Gasteiger partial charge < -0.3 is 25.0 Å². The summed E-state index contributed by atoms with van der Waals surface area (Å²) in [5, 5.41) is 9.09. The second-order valence-electron chi connectivity index (χ2n) is 7.36. The van der Waals surface area contributed by atoms with Crippen LogP contribution in [0.4, 0.5) is 11.6 Å². The second-order valence-corrected chi connectivity index (χ2v) is 7.36. The minimum absolute atomic E-state index is 0.641. The summed E-state index contributed by atoms with van der Waals surface area (Å²) in [4.78, 5) is 11.5. The summed E-state index contributed by atoms with van der Waals surface area (Å²) in [7, 11) is 3.42. The van der Waals surface area contributed by atoms with Gasteiger partial charge in [0.15, 0.2) is 0 Å². The van der Waals surface area contributed by atoms with Crippen molar-refractivity contribution in [1.29, 1.82) is 0 Å². The Hall–Kier alpha value is -2.90. The molecule has 1 saturated heterocycles. The second kappa shape index (κ2) is 9.73. The van der Waals surface area contributed by atoms with Gasteiger partial charge in [0.05, 0.1) is 12.8 Å². The first kappa shape index (κ1) is 20.4. The van der Waals surface area contributed by atoms with Crippen LogP contribution < -0.4 is 20.3 Å². The third-order valence-electron chi connectivity index (χ3n) is 5.36. The van der Waals surface area contributed by atoms with Gasteiger partial charge in [-0.05, 0) is 42.1 Å². The van der Waals surface area contributed by atoms with Crippen LogP contribution in [0.2, 0.25) is 0 Å². The number of anilines is 2. The number of nitrogens with zero attached hydrogens (tertiary/aromatic N) is 3. The van der Waals surface area contributed by atoms with Crippen LogP contribution in [-0.4, -0.2) is 63.5 Å². The summed E-state index contributed by atoms with van der Waals surface area (Å²) in [5.74, 6) is 1.51. The molecule has 0 radical (unpaired) electrons. The van der Waals surface area contributed by atoms with Crippen molar-refractivity contribution >= 4 is 22.4 Å². The molecule has 7 nitrogen and oxygen atoms in total. The Morgan fingerprint density at radius 1 is 1.10 bits per heavy atom. The van der Waals surface area contributed by atoms with Gasteiger partial charge in [-0.25, -0.2) is 9.97 Å². The van der Waals surface area contributed by atoms with Crippen molar-refractivity contribution in [3.8, 4) is 17.0 Å². The summed E-state index contributed by atoms with van der Waals surface area (Å²) >= 11 is 0. The van der Waals surface area contributed by atoms with E-state index in [1.54, 1.807) is 14.2 Å². The highest BCUT2D eigenvalue weighted by atomic mass is 16.5. The van der Waals surface area contributed by atoms with Gasteiger partial charge in [-0.15, -0.1) is 0 Å². The molecule has 4 rings (SSSR count). The zero-order chi connectivity index (χ0) is 20.8. The van der Waals surface area contributed by atoms with E-state index < -0.39 is 0 Å². The lowest BCUT2D eigenvalue weighted by atomic mass is 10.0. The SMILES string of the molecule is COCCCNc1nccc(-c2cc(N3CCNCC3)c3cc(OC)ccc3c2)n1. The van der Waals surface area contributed by atoms with Gasteiger partial charge in [-0.2, -0.15) is 0 Å². The molecule has 0 atom stereocenters. The number of fused-ring (bicyclic) bond motifs is 1. The lowest BCUT2D eigenvalue weighted by Crippen LogP contribution is -2.43. The van der Waals surface area contributed by atoms with Gasteiger partial charge in [0, 0.05) is 69.3 Å². The van der Waals surface area contributed by atoms with E-state index in [-0.39, 0.29) is 0 Å². The van der Waals surface area contributed by atoms with Gasteiger partial charge in [-0.1, -0.05) is 6.07 Å². The average molecular weight is 408 g/mol. The monoisotopic (exact) mass is 407 g/mol. The highest BCUT2D eigenvalue weighted by molar-refractivity contribution is 5.98. The molecular formula is C23H29N5O2. The molecular weight excluding hydrogens is 378 g/mol. The predicted molar refractivity (Wildman–Crippen MR) is 122 cm³/mol. The Labute approximate surface area is 177 Å². The fourth-order valence-electron chi connectivity index (χ4n) is 3.78. The fraction of sp³-hybridized carbons (Fsp3) is 0.391. The standard InChI is InChI=1S/C23H29N5O2/c1-29-13-3-7-25-23-26-8-6-21(27-23)18-14-17-4-5-19(30-2)16-20(17)22(15-18)28-11-9-24-10-12-28/h4-6,8,14-16,24H,3,7,9-13H2,1-2H3,(H,25,26,27). The smallest absolute Gasteiger partial charge is 0.223 e. The van der Waals surface area contributed by atoms with Crippen LogP contribution in [0.3, 0.4) is 0 Å². The summed E-state index contributed by atoms with van der Waals surface area (Å²) in [6.07, 6.45) is 2.72. The van der Waals surface area contributed by atoms with Crippen LogP contribution in [0.25, 0.3) is 22.0 Å². The van der Waals surface area contributed by atoms with Crippen molar-refractivity contribution in [2.75, 3.05) is 63.8 Å². The topological polar surface area (TPSA) is 71.5 Å². The van der Waals surface area contributed by atoms with E-state index in [9.17, 15) is 0 Å². The first-order valence-corrected chi connectivity index (χ1v) is 10.4. The van der Waals surface area contributed by atoms with Crippen molar-refractivity contribution in [1.82, 2.24) is 15.3 Å². The molecule has 2 heterocycles. The van der Waals surface area contributed by atoms with Crippen LogP contribution in [0.1, 0.15) is 6.42 Å². The fourth-order valence-corrected chi connectivity index (χ4v) is 3.78. The molecule has 30 heavy (non-hydrogen) atoms. The van der Waals surface area contributed by atoms with Gasteiger partial charge in [0.25, 0.3) is 0 Å². The average Bonchev–Trinajstić information content (AvgIpc) is 2.81. The summed E-state index contributed by atoms with van der Waals surface area (Å²) in [5.41, 5.74) is 3.22. The van der Waals surface area contributed by atoms with Crippen LogP contribution in [0.15, 0.2) is 42.6 Å². The number of methoxy groups -OCH3 is 2. The lowest BCUT2D eigenvalue weighted by molar-refractivity contribution is 0.197. The Morgan fingerprint density at radius 3 is 2.77 bits per heavy atom. The van der Waals surface area contributed by atoms with E-state index in [0.29, 0.717) is 5.95 Å². The Kier molecular flexibility index (Phi) is 6.61. The summed E-state index contributed by atoms with van der Waals surface area (Å²) in [6.45, 7) is 5.42. The molecule has 0 amide bonds. The summed E-state index contributed by atoms with van der Waals surface area (Å²) < 4.78 is 10.6. The van der Waals surface area contributed by atoms with Crippen molar-refractivity contribution in [2.24, 2.45) is 0 Å². The number of ether oxygens (including phenoxy) is 2. The summed E-state index contributed by atoms with van der Waals surface area (Å²) in [6, 6.07) is 12.7. The highest BCUT2D eigenvalue weighted by Gasteiger charge is 2.16. The van der Waals surface area contributed by atoms with Crippen LogP contribution >= 0.6 is 0 Å². The molecule has 0 saturated carbocycles. The lowest BCUT2D eigenvalue weighted by Gasteiger charge is -2.31. The zero-order valence-electron chi connectivity index (χ0n) is 17.6. The molecule has 1 fully saturated rings. The van der Waals surface area contributed by atoms with E-state index in [1.807, 2.05) is 18.3 Å². The van der Waals surface area contributed by atoms with E-state index in [0.717, 1.165) is 62.8 Å². The number of hydrogen-bond acceptors (Lipinski definition) is 7. The number of hydrogen-bond donors (Lipinski definition) is 2. The number of rotatable bonds is 8. The quantitative estimate of drug-likeness (QED) is 0.556. The van der Waals surface area contributed by atoms with Gasteiger partial charge in [0.1, 0.15) is 5.75 Å². The largest absolute Gasteiger partial charge is 0.497 e. The number of benzene rings is 2. The van der Waals surface area contributed by atoms with E-state index >= 15 is 0 Å². The zero-order valence-corrected chi connectivity index (χ0v) is 17.6. The molecule has 2 N–H and O–H groups in total. The number of aromatic nitrogens is 2.